The number of hydrazone groups is 1. The zero-order valence-corrected chi connectivity index (χ0v) is 15.3. The van der Waals surface area contributed by atoms with Crippen molar-refractivity contribution < 1.29 is 5.11 Å². The van der Waals surface area contributed by atoms with E-state index in [0.29, 0.717) is 16.6 Å². The zero-order valence-electron chi connectivity index (χ0n) is 15.3. The van der Waals surface area contributed by atoms with E-state index in [1.807, 2.05) is 38.1 Å². The fourth-order valence-corrected chi connectivity index (χ4v) is 3.27. The van der Waals surface area contributed by atoms with Crippen molar-refractivity contribution >= 4 is 33.7 Å². The minimum atomic E-state index is -0.448. The number of rotatable bonds is 3. The molecule has 0 fully saturated rings. The Kier molecular flexibility index (Phi) is 4.19. The van der Waals surface area contributed by atoms with Crippen LogP contribution in [-0.4, -0.2) is 21.3 Å². The lowest BCUT2D eigenvalue weighted by atomic mass is 10.1. The third-order valence-electron chi connectivity index (χ3n) is 4.73. The fourth-order valence-electron chi connectivity index (χ4n) is 3.27. The predicted molar refractivity (Wildman–Crippen MR) is 111 cm³/mol. The maximum atomic E-state index is 12.4. The van der Waals surface area contributed by atoms with Gasteiger partial charge in [-0.3, -0.25) is 15.0 Å². The molecule has 4 aromatic rings. The van der Waals surface area contributed by atoms with Crippen LogP contribution in [0.15, 0.2) is 57.2 Å². The van der Waals surface area contributed by atoms with Gasteiger partial charge in [0.25, 0.3) is 11.1 Å². The number of H-pyrrole nitrogens is 2. The molecule has 2 heterocycles. The van der Waals surface area contributed by atoms with Gasteiger partial charge in [-0.15, -0.1) is 0 Å². The van der Waals surface area contributed by atoms with Gasteiger partial charge in [0.1, 0.15) is 11.3 Å². The Labute approximate surface area is 159 Å². The molecule has 0 amide bonds. The molecule has 2 aromatic heterocycles. The van der Waals surface area contributed by atoms with Crippen molar-refractivity contribution in [2.45, 2.75) is 13.8 Å². The molecule has 28 heavy (non-hydrogen) atoms. The lowest BCUT2D eigenvalue weighted by Crippen LogP contribution is -2.13. The molecule has 0 saturated carbocycles. The maximum Gasteiger partial charge on any atom is 0.261 e. The summed E-state index contributed by atoms with van der Waals surface area (Å²) in [5.41, 5.74) is 5.73. The maximum absolute atomic E-state index is 12.4. The minimum Gasteiger partial charge on any atom is -0.506 e. The van der Waals surface area contributed by atoms with Crippen LogP contribution in [0.25, 0.3) is 21.8 Å². The Morgan fingerprint density at radius 3 is 2.32 bits per heavy atom. The van der Waals surface area contributed by atoms with Gasteiger partial charge >= 0.3 is 0 Å². The average Bonchev–Trinajstić information content (AvgIpc) is 2.66. The van der Waals surface area contributed by atoms with E-state index in [1.54, 1.807) is 12.1 Å². The molecule has 0 unspecified atom stereocenters. The summed E-state index contributed by atoms with van der Waals surface area (Å²) in [4.78, 5) is 29.9. The molecule has 0 aliphatic carbocycles. The largest absolute Gasteiger partial charge is 0.506 e. The first-order valence-electron chi connectivity index (χ1n) is 8.72. The summed E-state index contributed by atoms with van der Waals surface area (Å²) in [5, 5.41) is 15.9. The van der Waals surface area contributed by atoms with Crippen molar-refractivity contribution in [3.05, 3.63) is 79.9 Å². The minimum absolute atomic E-state index is 0.0379. The van der Waals surface area contributed by atoms with E-state index in [1.165, 1.54) is 12.3 Å². The van der Waals surface area contributed by atoms with Crippen LogP contribution in [0.4, 0.5) is 5.69 Å². The fraction of sp³-hybridized carbons (Fsp3) is 0.0952. The molecular formula is C21H18N4O3. The highest BCUT2D eigenvalue weighted by Crippen LogP contribution is 2.26. The van der Waals surface area contributed by atoms with Gasteiger partial charge in [-0.2, -0.15) is 5.10 Å². The summed E-state index contributed by atoms with van der Waals surface area (Å²) in [7, 11) is 0. The van der Waals surface area contributed by atoms with E-state index in [0.717, 1.165) is 22.0 Å². The molecule has 7 heteroatoms. The van der Waals surface area contributed by atoms with E-state index in [4.69, 9.17) is 0 Å². The highest BCUT2D eigenvalue weighted by molar-refractivity contribution is 5.97. The van der Waals surface area contributed by atoms with Crippen LogP contribution in [0.3, 0.4) is 0 Å². The average molecular weight is 374 g/mol. The smallest absolute Gasteiger partial charge is 0.261 e. The normalized spacial score (nSPS) is 11.5. The molecule has 4 N–H and O–H groups in total. The van der Waals surface area contributed by atoms with Crippen LogP contribution < -0.4 is 16.5 Å². The Bertz CT molecular complexity index is 1370. The van der Waals surface area contributed by atoms with Crippen molar-refractivity contribution in [3.8, 4) is 5.75 Å². The van der Waals surface area contributed by atoms with Crippen LogP contribution >= 0.6 is 0 Å². The molecule has 0 radical (unpaired) electrons. The molecule has 7 nitrogen and oxygen atoms in total. The lowest BCUT2D eigenvalue weighted by Gasteiger charge is -2.08. The number of nitrogens with one attached hydrogen (secondary N) is 3. The number of nitrogens with zero attached hydrogens (tertiary/aromatic N) is 1. The first kappa shape index (κ1) is 17.5. The molecule has 0 aliphatic heterocycles. The van der Waals surface area contributed by atoms with Gasteiger partial charge in [0.05, 0.1) is 22.9 Å². The number of para-hydroxylation sites is 2. The van der Waals surface area contributed by atoms with Crippen molar-refractivity contribution in [1.29, 1.82) is 0 Å². The van der Waals surface area contributed by atoms with Crippen LogP contribution in [0.1, 0.15) is 16.7 Å². The van der Waals surface area contributed by atoms with Gasteiger partial charge in [-0.1, -0.05) is 30.3 Å². The second-order valence-electron chi connectivity index (χ2n) is 6.63. The molecule has 0 spiro atoms. The van der Waals surface area contributed by atoms with Gasteiger partial charge in [0.15, 0.2) is 0 Å². The van der Waals surface area contributed by atoms with Crippen molar-refractivity contribution in [2.24, 2.45) is 5.10 Å². The molecule has 2 aromatic carbocycles. The van der Waals surface area contributed by atoms with Crippen LogP contribution in [0.5, 0.6) is 5.75 Å². The van der Waals surface area contributed by atoms with Gasteiger partial charge in [0.2, 0.25) is 0 Å². The molecule has 0 aliphatic rings. The SMILES string of the molecule is Cc1cccc2c(NN=Cc3c(O)c4cccc(C)c4[nH]c3=O)cc(=O)[nH]c12. The first-order chi connectivity index (χ1) is 13.5. The number of aromatic hydroxyl groups is 1. The molecule has 0 bridgehead atoms. The first-order valence-corrected chi connectivity index (χ1v) is 8.72. The van der Waals surface area contributed by atoms with E-state index < -0.39 is 5.56 Å². The molecule has 0 atom stereocenters. The number of aromatic nitrogens is 2. The van der Waals surface area contributed by atoms with Gasteiger partial charge < -0.3 is 15.1 Å². The number of hydrogen-bond donors (Lipinski definition) is 4. The van der Waals surface area contributed by atoms with Crippen molar-refractivity contribution in [1.82, 2.24) is 9.97 Å². The van der Waals surface area contributed by atoms with Crippen molar-refractivity contribution in [3.63, 3.8) is 0 Å². The van der Waals surface area contributed by atoms with E-state index >= 15 is 0 Å². The third kappa shape index (κ3) is 2.92. The number of benzene rings is 2. The molecule has 4 rings (SSSR count). The number of fused-ring (bicyclic) bond motifs is 2. The summed E-state index contributed by atoms with van der Waals surface area (Å²) < 4.78 is 0. The highest BCUT2D eigenvalue weighted by atomic mass is 16.3. The van der Waals surface area contributed by atoms with Gasteiger partial charge in [-0.05, 0) is 31.0 Å². The highest BCUT2D eigenvalue weighted by Gasteiger charge is 2.11. The third-order valence-corrected chi connectivity index (χ3v) is 4.73. The summed E-state index contributed by atoms with van der Waals surface area (Å²) >= 11 is 0. The van der Waals surface area contributed by atoms with E-state index in [9.17, 15) is 14.7 Å². The molecule has 140 valence electrons. The topological polar surface area (TPSA) is 110 Å². The Balaban J connectivity index is 1.76. The Morgan fingerprint density at radius 2 is 1.61 bits per heavy atom. The van der Waals surface area contributed by atoms with Crippen LogP contribution in [0, 0.1) is 13.8 Å². The Hall–Kier alpha value is -3.87. The number of pyridine rings is 2. The van der Waals surface area contributed by atoms with Crippen molar-refractivity contribution in [2.75, 3.05) is 5.43 Å². The van der Waals surface area contributed by atoms with Gasteiger partial charge in [-0.25, -0.2) is 0 Å². The summed E-state index contributed by atoms with van der Waals surface area (Å²) in [6, 6.07) is 12.4. The summed E-state index contributed by atoms with van der Waals surface area (Å²) in [5.74, 6) is -0.139. The zero-order chi connectivity index (χ0) is 19.8. The lowest BCUT2D eigenvalue weighted by molar-refractivity contribution is 0.479. The predicted octanol–water partition coefficient (Wildman–Crippen LogP) is 3.14. The summed E-state index contributed by atoms with van der Waals surface area (Å²) in [6.45, 7) is 3.76. The van der Waals surface area contributed by atoms with Crippen LogP contribution in [0.2, 0.25) is 0 Å². The second kappa shape index (κ2) is 6.70. The quantitative estimate of drug-likeness (QED) is 0.326. The monoisotopic (exact) mass is 374 g/mol. The van der Waals surface area contributed by atoms with Gasteiger partial charge in [0, 0.05) is 16.8 Å². The van der Waals surface area contributed by atoms with E-state index in [2.05, 4.69) is 20.5 Å². The summed E-state index contributed by atoms with van der Waals surface area (Å²) in [6.07, 6.45) is 1.25. The standard InChI is InChI=1S/C21H18N4O3/c1-11-5-3-7-13-16(9-17(26)23-18(11)13)25-22-10-15-20(27)14-8-4-6-12(2)19(14)24-21(15)28/h3-10H,1-2H3,(H2,23,25,26)(H2,24,27,28). The second-order valence-corrected chi connectivity index (χ2v) is 6.63. The Morgan fingerprint density at radius 1 is 0.964 bits per heavy atom. The molecular weight excluding hydrogens is 356 g/mol. The molecule has 0 saturated heterocycles. The van der Waals surface area contributed by atoms with Crippen LogP contribution in [-0.2, 0) is 0 Å². The van der Waals surface area contributed by atoms with E-state index in [-0.39, 0.29) is 16.9 Å². The number of aromatic amines is 2. The number of hydrogen-bond acceptors (Lipinski definition) is 5. The number of aryl methyl sites for hydroxylation is 2. The number of anilines is 1.